The fourth-order valence-corrected chi connectivity index (χ4v) is 2.12. The minimum atomic E-state index is -0.832. The first-order valence-corrected chi connectivity index (χ1v) is 6.15. The monoisotopic (exact) mass is 253 g/mol. The number of nitrogens with zero attached hydrogens (tertiary/aromatic N) is 1. The van der Waals surface area contributed by atoms with Crippen molar-refractivity contribution >= 4 is 5.97 Å². The van der Waals surface area contributed by atoms with Crippen LogP contribution in [0.5, 0.6) is 0 Å². The molecule has 0 amide bonds. The second-order valence-electron chi connectivity index (χ2n) is 4.67. The van der Waals surface area contributed by atoms with Crippen LogP contribution in [0.2, 0.25) is 0 Å². The molecule has 0 aliphatic carbocycles. The van der Waals surface area contributed by atoms with E-state index in [1.165, 1.54) is 6.07 Å². The van der Waals surface area contributed by atoms with Crippen molar-refractivity contribution in [3.63, 3.8) is 0 Å². The maximum absolute atomic E-state index is 13.7. The van der Waals surface area contributed by atoms with Crippen molar-refractivity contribution < 1.29 is 14.3 Å². The molecule has 1 aromatic rings. The lowest BCUT2D eigenvalue weighted by atomic mass is 10.0. The van der Waals surface area contributed by atoms with Gasteiger partial charge >= 0.3 is 5.97 Å². The van der Waals surface area contributed by atoms with Crippen molar-refractivity contribution in [3.05, 3.63) is 35.6 Å². The molecular formula is C14H20FNO2. The SMILES string of the molecule is CC(C)N(CCC(=O)O)C(C)c1ccccc1F. The molecule has 0 spiro atoms. The Morgan fingerprint density at radius 3 is 2.44 bits per heavy atom. The molecule has 3 nitrogen and oxygen atoms in total. The molecule has 0 aliphatic rings. The maximum atomic E-state index is 13.7. The molecule has 18 heavy (non-hydrogen) atoms. The third-order valence-electron chi connectivity index (χ3n) is 3.10. The molecule has 4 heteroatoms. The van der Waals surface area contributed by atoms with Gasteiger partial charge in [0.25, 0.3) is 0 Å². The van der Waals surface area contributed by atoms with Crippen molar-refractivity contribution in [3.8, 4) is 0 Å². The summed E-state index contributed by atoms with van der Waals surface area (Å²) < 4.78 is 13.7. The van der Waals surface area contributed by atoms with Gasteiger partial charge in [-0.1, -0.05) is 18.2 Å². The molecule has 0 radical (unpaired) electrons. The highest BCUT2D eigenvalue weighted by Crippen LogP contribution is 2.24. The van der Waals surface area contributed by atoms with Gasteiger partial charge in [-0.05, 0) is 26.8 Å². The van der Waals surface area contributed by atoms with Crippen LogP contribution < -0.4 is 0 Å². The molecule has 0 heterocycles. The van der Waals surface area contributed by atoms with E-state index in [0.717, 1.165) is 0 Å². The van der Waals surface area contributed by atoms with Gasteiger partial charge in [-0.15, -0.1) is 0 Å². The number of halogens is 1. The standard InChI is InChI=1S/C14H20FNO2/c1-10(2)16(9-8-14(17)18)11(3)12-6-4-5-7-13(12)15/h4-7,10-11H,8-9H2,1-3H3,(H,17,18). The number of carboxylic acids is 1. The van der Waals surface area contributed by atoms with Crippen molar-refractivity contribution in [2.24, 2.45) is 0 Å². The van der Waals surface area contributed by atoms with Crippen molar-refractivity contribution in [1.82, 2.24) is 4.90 Å². The maximum Gasteiger partial charge on any atom is 0.304 e. The molecule has 1 atom stereocenters. The zero-order chi connectivity index (χ0) is 13.7. The van der Waals surface area contributed by atoms with E-state index in [4.69, 9.17) is 5.11 Å². The van der Waals surface area contributed by atoms with Crippen LogP contribution in [0.3, 0.4) is 0 Å². The number of carboxylic acid groups (broad SMARTS) is 1. The number of carbonyl (C=O) groups is 1. The van der Waals surface area contributed by atoms with Gasteiger partial charge in [0.1, 0.15) is 5.82 Å². The Morgan fingerprint density at radius 2 is 1.94 bits per heavy atom. The second kappa shape index (κ2) is 6.50. The Hall–Kier alpha value is -1.42. The van der Waals surface area contributed by atoms with Crippen LogP contribution in [0.4, 0.5) is 4.39 Å². The van der Waals surface area contributed by atoms with Gasteiger partial charge in [-0.3, -0.25) is 9.69 Å². The Morgan fingerprint density at radius 1 is 1.33 bits per heavy atom. The molecule has 1 aromatic carbocycles. The number of benzene rings is 1. The zero-order valence-electron chi connectivity index (χ0n) is 11.1. The van der Waals surface area contributed by atoms with Gasteiger partial charge in [-0.25, -0.2) is 4.39 Å². The van der Waals surface area contributed by atoms with Crippen molar-refractivity contribution in [2.45, 2.75) is 39.3 Å². The van der Waals surface area contributed by atoms with Crippen LogP contribution in [0.1, 0.15) is 38.8 Å². The lowest BCUT2D eigenvalue weighted by Crippen LogP contribution is -2.35. The summed E-state index contributed by atoms with van der Waals surface area (Å²) in [5, 5.41) is 8.75. The summed E-state index contributed by atoms with van der Waals surface area (Å²) in [7, 11) is 0. The Kier molecular flexibility index (Phi) is 5.28. The number of aliphatic carboxylic acids is 1. The van der Waals surface area contributed by atoms with E-state index in [1.54, 1.807) is 18.2 Å². The molecule has 0 aliphatic heterocycles. The van der Waals surface area contributed by atoms with Gasteiger partial charge in [0.05, 0.1) is 6.42 Å². The highest BCUT2D eigenvalue weighted by molar-refractivity contribution is 5.66. The van der Waals surface area contributed by atoms with E-state index >= 15 is 0 Å². The molecule has 100 valence electrons. The highest BCUT2D eigenvalue weighted by atomic mass is 19.1. The summed E-state index contributed by atoms with van der Waals surface area (Å²) in [5.41, 5.74) is 0.608. The van der Waals surface area contributed by atoms with Gasteiger partial charge in [0.15, 0.2) is 0 Å². The molecule has 1 N–H and O–H groups in total. The average molecular weight is 253 g/mol. The normalized spacial score (nSPS) is 13.0. The quantitative estimate of drug-likeness (QED) is 0.847. The minimum absolute atomic E-state index is 0.0664. The summed E-state index contributed by atoms with van der Waals surface area (Å²) in [5.74, 6) is -1.08. The first kappa shape index (κ1) is 14.6. The van der Waals surface area contributed by atoms with Crippen LogP contribution >= 0.6 is 0 Å². The topological polar surface area (TPSA) is 40.5 Å². The van der Waals surface area contributed by atoms with E-state index in [0.29, 0.717) is 12.1 Å². The van der Waals surface area contributed by atoms with Crippen LogP contribution in [0.25, 0.3) is 0 Å². The van der Waals surface area contributed by atoms with E-state index in [1.807, 2.05) is 25.7 Å². The Labute approximate surface area is 107 Å². The van der Waals surface area contributed by atoms with E-state index in [9.17, 15) is 9.18 Å². The molecule has 0 bridgehead atoms. The molecule has 1 rings (SSSR count). The highest BCUT2D eigenvalue weighted by Gasteiger charge is 2.21. The summed E-state index contributed by atoms with van der Waals surface area (Å²) in [6, 6.07) is 6.66. The molecule has 0 fully saturated rings. The molecular weight excluding hydrogens is 233 g/mol. The van der Waals surface area contributed by atoms with E-state index in [2.05, 4.69) is 0 Å². The fraction of sp³-hybridized carbons (Fsp3) is 0.500. The summed E-state index contributed by atoms with van der Waals surface area (Å²) in [6.45, 7) is 6.29. The lowest BCUT2D eigenvalue weighted by molar-refractivity contribution is -0.137. The van der Waals surface area contributed by atoms with Crippen LogP contribution in [-0.2, 0) is 4.79 Å². The van der Waals surface area contributed by atoms with E-state index < -0.39 is 5.97 Å². The van der Waals surface area contributed by atoms with E-state index in [-0.39, 0.29) is 24.3 Å². The summed E-state index contributed by atoms with van der Waals surface area (Å²) in [4.78, 5) is 12.6. The van der Waals surface area contributed by atoms with Crippen LogP contribution in [0.15, 0.2) is 24.3 Å². The van der Waals surface area contributed by atoms with Crippen molar-refractivity contribution in [2.75, 3.05) is 6.54 Å². The zero-order valence-corrected chi connectivity index (χ0v) is 11.1. The third kappa shape index (κ3) is 3.81. The van der Waals surface area contributed by atoms with Gasteiger partial charge in [0.2, 0.25) is 0 Å². The van der Waals surface area contributed by atoms with Crippen LogP contribution in [-0.4, -0.2) is 28.6 Å². The lowest BCUT2D eigenvalue weighted by Gasteiger charge is -2.32. The Bertz CT molecular complexity index is 407. The molecule has 0 aromatic heterocycles. The fourth-order valence-electron chi connectivity index (χ4n) is 2.12. The molecule has 0 saturated heterocycles. The third-order valence-corrected chi connectivity index (χ3v) is 3.10. The number of hydrogen-bond acceptors (Lipinski definition) is 2. The molecule has 0 saturated carbocycles. The van der Waals surface area contributed by atoms with Crippen molar-refractivity contribution in [1.29, 1.82) is 0 Å². The first-order valence-electron chi connectivity index (χ1n) is 6.15. The molecule has 1 unspecified atom stereocenters. The smallest absolute Gasteiger partial charge is 0.304 e. The van der Waals surface area contributed by atoms with Gasteiger partial charge in [-0.2, -0.15) is 0 Å². The second-order valence-corrected chi connectivity index (χ2v) is 4.67. The minimum Gasteiger partial charge on any atom is -0.481 e. The number of rotatable bonds is 6. The predicted octanol–water partition coefficient (Wildman–Crippen LogP) is 3.07. The first-order chi connectivity index (χ1) is 8.43. The largest absolute Gasteiger partial charge is 0.481 e. The van der Waals surface area contributed by atoms with Crippen LogP contribution in [0, 0.1) is 5.82 Å². The summed E-state index contributed by atoms with van der Waals surface area (Å²) >= 11 is 0. The predicted molar refractivity (Wildman–Crippen MR) is 68.9 cm³/mol. The average Bonchev–Trinajstić information content (AvgIpc) is 2.28. The summed E-state index contributed by atoms with van der Waals surface area (Å²) in [6.07, 6.45) is 0.0664. The van der Waals surface area contributed by atoms with Gasteiger partial charge < -0.3 is 5.11 Å². The van der Waals surface area contributed by atoms with Gasteiger partial charge in [0, 0.05) is 24.2 Å². The Balaban J connectivity index is 2.86. The number of hydrogen-bond donors (Lipinski definition) is 1.